The summed E-state index contributed by atoms with van der Waals surface area (Å²) in [4.78, 5) is 0. The zero-order valence-corrected chi connectivity index (χ0v) is 16.9. The van der Waals surface area contributed by atoms with Gasteiger partial charge in [0.05, 0.1) is 13.2 Å². The van der Waals surface area contributed by atoms with E-state index in [0.717, 1.165) is 22.1 Å². The quantitative estimate of drug-likeness (QED) is 0.437. The first-order chi connectivity index (χ1) is 13.5. The van der Waals surface area contributed by atoms with E-state index in [0.29, 0.717) is 12.1 Å². The van der Waals surface area contributed by atoms with Gasteiger partial charge in [-0.25, -0.2) is 0 Å². The summed E-state index contributed by atoms with van der Waals surface area (Å²) in [5.41, 5.74) is 0.761. The molecule has 0 saturated heterocycles. The molecule has 146 valence electrons. The SMILES string of the molecule is CC(CO)(CO)COB([O-])c1cccc2cc(OCc3ccccc3)ccc12.[Li+]. The zero-order chi connectivity index (χ0) is 20.0. The molecule has 0 aliphatic rings. The first kappa shape index (κ1) is 23.5. The Bertz CT molecular complexity index is 902. The Morgan fingerprint density at radius 2 is 1.69 bits per heavy atom. The maximum absolute atomic E-state index is 12.6. The molecule has 0 aliphatic heterocycles. The largest absolute Gasteiger partial charge is 1.00 e. The van der Waals surface area contributed by atoms with Gasteiger partial charge < -0.3 is 24.6 Å². The minimum atomic E-state index is -1.41. The second kappa shape index (κ2) is 10.8. The maximum atomic E-state index is 12.6. The predicted octanol–water partition coefficient (Wildman–Crippen LogP) is -1.51. The molecule has 0 unspecified atom stereocenters. The summed E-state index contributed by atoms with van der Waals surface area (Å²) in [6, 6.07) is 21.0. The Kier molecular flexibility index (Phi) is 8.79. The average Bonchev–Trinajstić information content (AvgIpc) is 2.76. The standard InChI is InChI=1S/C22H24BO5.Li/c1-22(14-24,15-25)16-28-23(26)21-9-5-8-18-12-19(10-11-20(18)21)27-13-17-6-3-2-4-7-17;/h2-12,24-25H,13-16H2,1H3;/q-1;+1. The van der Waals surface area contributed by atoms with Crippen molar-refractivity contribution in [1.82, 2.24) is 0 Å². The van der Waals surface area contributed by atoms with E-state index in [4.69, 9.17) is 9.39 Å². The molecule has 0 bridgehead atoms. The fraction of sp³-hybridized carbons (Fsp3) is 0.273. The van der Waals surface area contributed by atoms with Crippen molar-refractivity contribution in [3.63, 3.8) is 0 Å². The molecule has 3 rings (SSSR count). The molecule has 0 saturated carbocycles. The summed E-state index contributed by atoms with van der Waals surface area (Å²) < 4.78 is 11.3. The molecule has 0 amide bonds. The summed E-state index contributed by atoms with van der Waals surface area (Å²) in [5, 5.41) is 33.0. The summed E-state index contributed by atoms with van der Waals surface area (Å²) in [6.45, 7) is 1.60. The third kappa shape index (κ3) is 6.10. The molecule has 3 aromatic carbocycles. The molecule has 0 fully saturated rings. The fourth-order valence-electron chi connectivity index (χ4n) is 2.83. The van der Waals surface area contributed by atoms with Crippen molar-refractivity contribution in [3.05, 3.63) is 72.3 Å². The number of fused-ring (bicyclic) bond motifs is 1. The number of hydrogen-bond acceptors (Lipinski definition) is 5. The van der Waals surface area contributed by atoms with Gasteiger partial charge in [-0.05, 0) is 28.5 Å². The van der Waals surface area contributed by atoms with Crippen molar-refractivity contribution >= 4 is 23.4 Å². The number of aliphatic hydroxyl groups excluding tert-OH is 2. The van der Waals surface area contributed by atoms with Crippen LogP contribution in [0.3, 0.4) is 0 Å². The van der Waals surface area contributed by atoms with Gasteiger partial charge in [-0.1, -0.05) is 67.0 Å². The summed E-state index contributed by atoms with van der Waals surface area (Å²) >= 11 is 0. The monoisotopic (exact) mass is 386 g/mol. The Morgan fingerprint density at radius 1 is 0.966 bits per heavy atom. The molecule has 0 aromatic heterocycles. The van der Waals surface area contributed by atoms with E-state index >= 15 is 0 Å². The van der Waals surface area contributed by atoms with Gasteiger partial charge in [-0.15, -0.1) is 0 Å². The van der Waals surface area contributed by atoms with Crippen LogP contribution in [0.15, 0.2) is 66.7 Å². The van der Waals surface area contributed by atoms with Crippen molar-refractivity contribution < 1.29 is 43.5 Å². The van der Waals surface area contributed by atoms with Crippen LogP contribution >= 0.6 is 0 Å². The Balaban J connectivity index is 0.00000300. The molecule has 0 atom stereocenters. The summed E-state index contributed by atoms with van der Waals surface area (Å²) in [5.74, 6) is 0.727. The molecule has 3 aromatic rings. The number of aliphatic hydroxyl groups is 2. The molecule has 29 heavy (non-hydrogen) atoms. The second-order valence-electron chi connectivity index (χ2n) is 7.27. The number of ether oxygens (including phenoxy) is 1. The maximum Gasteiger partial charge on any atom is 1.00 e. The molecule has 2 N–H and O–H groups in total. The Hall–Kier alpha value is -1.78. The molecule has 0 radical (unpaired) electrons. The summed E-state index contributed by atoms with van der Waals surface area (Å²) in [7, 11) is -1.41. The van der Waals surface area contributed by atoms with Crippen LogP contribution < -0.4 is 34.1 Å². The minimum Gasteiger partial charge on any atom is -0.853 e. The van der Waals surface area contributed by atoms with Crippen molar-refractivity contribution in [2.24, 2.45) is 5.41 Å². The first-order valence-corrected chi connectivity index (χ1v) is 9.23. The van der Waals surface area contributed by atoms with Gasteiger partial charge in [0.15, 0.2) is 0 Å². The van der Waals surface area contributed by atoms with Crippen molar-refractivity contribution in [3.8, 4) is 5.75 Å². The van der Waals surface area contributed by atoms with Gasteiger partial charge in [-0.2, -0.15) is 0 Å². The van der Waals surface area contributed by atoms with E-state index in [1.165, 1.54) is 0 Å². The number of rotatable bonds is 9. The average molecular weight is 386 g/mol. The van der Waals surface area contributed by atoms with Crippen LogP contribution in [0.2, 0.25) is 0 Å². The minimum absolute atomic E-state index is 0. The Morgan fingerprint density at radius 3 is 2.38 bits per heavy atom. The summed E-state index contributed by atoms with van der Waals surface area (Å²) in [6.07, 6.45) is 0. The van der Waals surface area contributed by atoms with Gasteiger partial charge in [0.2, 0.25) is 7.12 Å². The Labute approximate surface area is 183 Å². The predicted molar refractivity (Wildman–Crippen MR) is 108 cm³/mol. The van der Waals surface area contributed by atoms with Gasteiger partial charge in [0.1, 0.15) is 12.4 Å². The van der Waals surface area contributed by atoms with E-state index < -0.39 is 12.5 Å². The van der Waals surface area contributed by atoms with Crippen molar-refractivity contribution in [2.45, 2.75) is 13.5 Å². The first-order valence-electron chi connectivity index (χ1n) is 9.23. The van der Waals surface area contributed by atoms with Crippen LogP contribution in [0.5, 0.6) is 5.75 Å². The number of hydrogen-bond donors (Lipinski definition) is 2. The molecule has 5 nitrogen and oxygen atoms in total. The number of benzene rings is 3. The van der Waals surface area contributed by atoms with Gasteiger partial charge in [0.25, 0.3) is 0 Å². The van der Waals surface area contributed by atoms with E-state index in [9.17, 15) is 15.2 Å². The van der Waals surface area contributed by atoms with Crippen LogP contribution in [-0.4, -0.2) is 37.2 Å². The molecular weight excluding hydrogens is 362 g/mol. The topological polar surface area (TPSA) is 82.0 Å². The van der Waals surface area contributed by atoms with Gasteiger partial charge >= 0.3 is 18.9 Å². The van der Waals surface area contributed by atoms with Crippen LogP contribution in [0.4, 0.5) is 0 Å². The van der Waals surface area contributed by atoms with E-state index in [1.54, 1.807) is 13.0 Å². The van der Waals surface area contributed by atoms with Crippen LogP contribution in [0.1, 0.15) is 12.5 Å². The van der Waals surface area contributed by atoms with E-state index in [2.05, 4.69) is 0 Å². The van der Waals surface area contributed by atoms with Crippen molar-refractivity contribution in [2.75, 3.05) is 19.8 Å². The van der Waals surface area contributed by atoms with E-state index in [-0.39, 0.29) is 38.7 Å². The fourth-order valence-corrected chi connectivity index (χ4v) is 2.83. The van der Waals surface area contributed by atoms with Crippen LogP contribution in [-0.2, 0) is 11.3 Å². The second-order valence-corrected chi connectivity index (χ2v) is 7.27. The molecular formula is C22H24BLiO5. The molecule has 7 heteroatoms. The molecule has 0 spiro atoms. The zero-order valence-electron chi connectivity index (χ0n) is 16.9. The smallest absolute Gasteiger partial charge is 0.853 e. The molecule has 0 aliphatic carbocycles. The van der Waals surface area contributed by atoms with Gasteiger partial charge in [0, 0.05) is 12.0 Å². The third-order valence-corrected chi connectivity index (χ3v) is 4.73. The van der Waals surface area contributed by atoms with Crippen molar-refractivity contribution in [1.29, 1.82) is 0 Å². The van der Waals surface area contributed by atoms with Crippen LogP contribution in [0.25, 0.3) is 10.8 Å². The van der Waals surface area contributed by atoms with Gasteiger partial charge in [-0.3, -0.25) is 0 Å². The molecule has 0 heterocycles. The van der Waals surface area contributed by atoms with E-state index in [1.807, 2.05) is 60.7 Å². The van der Waals surface area contributed by atoms with Crippen LogP contribution in [0, 0.1) is 5.41 Å². The normalized spacial score (nSPS) is 11.2. The third-order valence-electron chi connectivity index (χ3n) is 4.73.